The molecule has 0 radical (unpaired) electrons. The molecule has 0 saturated heterocycles. The second-order valence-electron chi connectivity index (χ2n) is 6.38. The highest BCUT2D eigenvalue weighted by molar-refractivity contribution is 6.02. The fraction of sp³-hybridized carbons (Fsp3) is 0.368. The van der Waals surface area contributed by atoms with Crippen molar-refractivity contribution in [2.75, 3.05) is 18.5 Å². The number of anilines is 1. The number of halogens is 3. The van der Waals surface area contributed by atoms with Crippen LogP contribution in [-0.2, 0) is 11.3 Å². The van der Waals surface area contributed by atoms with Crippen molar-refractivity contribution in [3.63, 3.8) is 0 Å². The summed E-state index contributed by atoms with van der Waals surface area (Å²) in [7, 11) is 0. The van der Waals surface area contributed by atoms with Gasteiger partial charge < -0.3 is 20.5 Å². The number of rotatable bonds is 10. The Balaban J connectivity index is 1.99. The number of hydrogen-bond donors (Lipinski definition) is 2. The summed E-state index contributed by atoms with van der Waals surface area (Å²) in [4.78, 5) is 24.2. The Morgan fingerprint density at radius 1 is 1.27 bits per heavy atom. The Hall–Kier alpha value is -3.21. The van der Waals surface area contributed by atoms with Gasteiger partial charge in [0.25, 0.3) is 12.3 Å². The van der Waals surface area contributed by atoms with Crippen molar-refractivity contribution in [1.29, 1.82) is 0 Å². The third-order valence-electron chi connectivity index (χ3n) is 3.47. The van der Waals surface area contributed by atoms with Gasteiger partial charge >= 0.3 is 0 Å². The molecule has 1 heterocycles. The quantitative estimate of drug-likeness (QED) is 0.447. The number of hydrogen-bond acceptors (Lipinski definition) is 6. The first-order chi connectivity index (χ1) is 14.2. The summed E-state index contributed by atoms with van der Waals surface area (Å²) in [6.45, 7) is 2.46. The molecule has 8 nitrogen and oxygen atoms in total. The predicted molar refractivity (Wildman–Crippen MR) is 104 cm³/mol. The maximum absolute atomic E-state index is 14.0. The molecule has 30 heavy (non-hydrogen) atoms. The number of alkyl halides is 2. The second kappa shape index (κ2) is 11.1. The second-order valence-corrected chi connectivity index (χ2v) is 6.38. The van der Waals surface area contributed by atoms with E-state index in [9.17, 15) is 18.0 Å². The Morgan fingerprint density at radius 3 is 2.67 bits per heavy atom. The lowest BCUT2D eigenvalue weighted by molar-refractivity contribution is 0.0321. The van der Waals surface area contributed by atoms with Gasteiger partial charge in [0.05, 0.1) is 25.0 Å². The molecule has 2 rings (SSSR count). The molecule has 162 valence electrons. The van der Waals surface area contributed by atoms with Crippen LogP contribution >= 0.6 is 0 Å². The van der Waals surface area contributed by atoms with Gasteiger partial charge in [-0.15, -0.1) is 0 Å². The van der Waals surface area contributed by atoms with Gasteiger partial charge in [-0.25, -0.2) is 23.1 Å². The van der Waals surface area contributed by atoms with Crippen LogP contribution in [-0.4, -0.2) is 47.5 Å². The zero-order chi connectivity index (χ0) is 22.1. The highest BCUT2D eigenvalue weighted by atomic mass is 19.3. The molecule has 0 aliphatic rings. The number of aliphatic imine (C=N–C) groups is 1. The zero-order valence-corrected chi connectivity index (χ0v) is 16.4. The lowest BCUT2D eigenvalue weighted by Crippen LogP contribution is -2.21. The minimum absolute atomic E-state index is 0.0513. The third kappa shape index (κ3) is 7.66. The topological polar surface area (TPSA) is 112 Å². The number of carbonyl (C=O) groups excluding carboxylic acids is 1. The van der Waals surface area contributed by atoms with Crippen molar-refractivity contribution >= 4 is 17.4 Å². The number of amides is 1. The van der Waals surface area contributed by atoms with E-state index in [4.69, 9.17) is 10.5 Å². The average molecular weight is 425 g/mol. The maximum atomic E-state index is 14.0. The van der Waals surface area contributed by atoms with Gasteiger partial charge in [0.2, 0.25) is 5.88 Å². The number of amidine groups is 1. The minimum atomic E-state index is -2.61. The van der Waals surface area contributed by atoms with Gasteiger partial charge in [-0.2, -0.15) is 0 Å². The van der Waals surface area contributed by atoms with E-state index in [2.05, 4.69) is 25.0 Å². The van der Waals surface area contributed by atoms with Crippen LogP contribution in [0.15, 0.2) is 35.6 Å². The van der Waals surface area contributed by atoms with Crippen LogP contribution in [0.25, 0.3) is 0 Å². The molecule has 1 aromatic heterocycles. The highest BCUT2D eigenvalue weighted by Crippen LogP contribution is 2.17. The maximum Gasteiger partial charge on any atom is 0.275 e. The first-order valence-electron chi connectivity index (χ1n) is 8.97. The molecule has 1 amide bonds. The predicted octanol–water partition coefficient (Wildman–Crippen LogP) is 2.79. The monoisotopic (exact) mass is 425 g/mol. The van der Waals surface area contributed by atoms with E-state index in [1.165, 1.54) is 24.5 Å². The van der Waals surface area contributed by atoms with Gasteiger partial charge in [0.1, 0.15) is 30.6 Å². The van der Waals surface area contributed by atoms with Crippen LogP contribution in [0, 0.1) is 5.82 Å². The van der Waals surface area contributed by atoms with Crippen LogP contribution in [0.4, 0.5) is 18.9 Å². The van der Waals surface area contributed by atoms with E-state index < -0.39 is 24.8 Å². The van der Waals surface area contributed by atoms with E-state index >= 15 is 0 Å². The summed E-state index contributed by atoms with van der Waals surface area (Å²) in [6, 6.07) is 3.92. The summed E-state index contributed by atoms with van der Waals surface area (Å²) in [6.07, 6.45) is -0.0937. The minimum Gasteiger partial charge on any atom is -0.474 e. The van der Waals surface area contributed by atoms with Crippen LogP contribution in [0.2, 0.25) is 0 Å². The van der Waals surface area contributed by atoms with Crippen LogP contribution < -0.4 is 15.8 Å². The number of nitrogens with two attached hydrogens (primary N) is 1. The average Bonchev–Trinajstić information content (AvgIpc) is 2.68. The van der Waals surface area contributed by atoms with Crippen molar-refractivity contribution in [3.05, 3.63) is 47.7 Å². The lowest BCUT2D eigenvalue weighted by atomic mass is 10.2. The number of nitrogens with one attached hydrogen (secondary N) is 1. The SMILES string of the molecule is CC(C)Oc1cnc(C(=O)Nc2ccc(F)c(CN=C(N)COCC(F)F)c2)cn1. The lowest BCUT2D eigenvalue weighted by Gasteiger charge is -2.09. The van der Waals surface area contributed by atoms with Crippen LogP contribution in [0.5, 0.6) is 5.88 Å². The Morgan fingerprint density at radius 2 is 2.03 bits per heavy atom. The number of nitrogens with zero attached hydrogens (tertiary/aromatic N) is 3. The summed E-state index contributed by atoms with van der Waals surface area (Å²) in [5.41, 5.74) is 6.07. The molecule has 0 atom stereocenters. The molecule has 0 unspecified atom stereocenters. The van der Waals surface area contributed by atoms with Crippen molar-refractivity contribution in [2.45, 2.75) is 32.9 Å². The standard InChI is InChI=1S/C19H22F3N5O3/c1-11(2)30-18-8-24-15(7-26-18)19(28)27-13-3-4-14(20)12(5-13)6-25-17(23)10-29-9-16(21)22/h3-5,7-8,11,16H,6,9-10H2,1-2H3,(H2,23,25)(H,27,28). The highest BCUT2D eigenvalue weighted by Gasteiger charge is 2.11. The van der Waals surface area contributed by atoms with E-state index in [-0.39, 0.29) is 36.3 Å². The molecule has 0 aliphatic heterocycles. The van der Waals surface area contributed by atoms with Gasteiger partial charge in [0.15, 0.2) is 0 Å². The Labute approximate surface area is 171 Å². The fourth-order valence-electron chi connectivity index (χ4n) is 2.19. The molecule has 0 spiro atoms. The molecular formula is C19H22F3N5O3. The molecule has 0 bridgehead atoms. The molecule has 2 aromatic rings. The number of ether oxygens (including phenoxy) is 2. The molecule has 1 aromatic carbocycles. The molecule has 11 heteroatoms. The molecule has 0 aliphatic carbocycles. The summed E-state index contributed by atoms with van der Waals surface area (Å²) >= 11 is 0. The van der Waals surface area contributed by atoms with Crippen molar-refractivity contribution in [2.24, 2.45) is 10.7 Å². The van der Waals surface area contributed by atoms with Gasteiger partial charge in [0, 0.05) is 11.3 Å². The molecule has 3 N–H and O–H groups in total. The summed E-state index contributed by atoms with van der Waals surface area (Å²) < 4.78 is 48.1. The number of aromatic nitrogens is 2. The Bertz CT molecular complexity index is 876. The summed E-state index contributed by atoms with van der Waals surface area (Å²) in [5.74, 6) is -0.866. The van der Waals surface area contributed by atoms with E-state index in [1.54, 1.807) is 0 Å². The van der Waals surface area contributed by atoms with Crippen LogP contribution in [0.3, 0.4) is 0 Å². The van der Waals surface area contributed by atoms with Crippen LogP contribution in [0.1, 0.15) is 29.9 Å². The first-order valence-corrected chi connectivity index (χ1v) is 8.97. The third-order valence-corrected chi connectivity index (χ3v) is 3.47. The fourth-order valence-corrected chi connectivity index (χ4v) is 2.19. The smallest absolute Gasteiger partial charge is 0.275 e. The normalized spacial score (nSPS) is 11.8. The Kier molecular flexibility index (Phi) is 8.54. The van der Waals surface area contributed by atoms with Crippen molar-refractivity contribution < 1.29 is 27.4 Å². The largest absolute Gasteiger partial charge is 0.474 e. The number of carbonyl (C=O) groups is 1. The van der Waals surface area contributed by atoms with E-state index in [0.717, 1.165) is 6.07 Å². The zero-order valence-electron chi connectivity index (χ0n) is 16.4. The summed E-state index contributed by atoms with van der Waals surface area (Å²) in [5, 5.41) is 2.58. The van der Waals surface area contributed by atoms with E-state index in [0.29, 0.717) is 11.6 Å². The van der Waals surface area contributed by atoms with E-state index in [1.807, 2.05) is 13.8 Å². The molecule has 0 fully saturated rings. The van der Waals surface area contributed by atoms with Crippen molar-refractivity contribution in [1.82, 2.24) is 9.97 Å². The van der Waals surface area contributed by atoms with Gasteiger partial charge in [-0.05, 0) is 32.0 Å². The first kappa shape index (κ1) is 23.1. The van der Waals surface area contributed by atoms with Gasteiger partial charge in [-0.3, -0.25) is 9.79 Å². The molecule has 0 saturated carbocycles. The van der Waals surface area contributed by atoms with Crippen molar-refractivity contribution in [3.8, 4) is 5.88 Å². The van der Waals surface area contributed by atoms with Gasteiger partial charge in [-0.1, -0.05) is 0 Å². The number of benzene rings is 1. The molecular weight excluding hydrogens is 403 g/mol.